The van der Waals surface area contributed by atoms with E-state index in [1.807, 2.05) is 59.3 Å². The minimum Gasteiger partial charge on any atom is -0.478 e. The van der Waals surface area contributed by atoms with Gasteiger partial charge < -0.3 is 14.8 Å². The molecule has 0 radical (unpaired) electrons. The molecule has 40 heavy (non-hydrogen) atoms. The minimum absolute atomic E-state index is 0.223. The number of halogens is 2. The highest BCUT2D eigenvalue weighted by molar-refractivity contribution is 6.36. The predicted octanol–water partition coefficient (Wildman–Crippen LogP) is 8.14. The fourth-order valence-electron chi connectivity index (χ4n) is 4.26. The van der Waals surface area contributed by atoms with Crippen molar-refractivity contribution in [1.82, 2.24) is 9.55 Å². The summed E-state index contributed by atoms with van der Waals surface area (Å²) in [6.45, 7) is 0.469. The van der Waals surface area contributed by atoms with Crippen LogP contribution in [-0.4, -0.2) is 31.7 Å². The summed E-state index contributed by atoms with van der Waals surface area (Å²) in [6, 6.07) is 26.6. The molecule has 0 saturated heterocycles. The number of imidazole rings is 1. The van der Waals surface area contributed by atoms with E-state index in [0.717, 1.165) is 27.8 Å². The zero-order chi connectivity index (χ0) is 28.2. The number of hydrogen-bond acceptors (Lipinski definition) is 3. The van der Waals surface area contributed by atoms with E-state index in [9.17, 15) is 19.8 Å². The normalized spacial score (nSPS) is 11.2. The number of aromatic carboxylic acids is 2. The van der Waals surface area contributed by atoms with Gasteiger partial charge in [0.1, 0.15) is 5.82 Å². The molecule has 5 rings (SSSR count). The van der Waals surface area contributed by atoms with Gasteiger partial charge in [-0.3, -0.25) is 0 Å². The Kier molecular flexibility index (Phi) is 7.82. The van der Waals surface area contributed by atoms with E-state index in [2.05, 4.69) is 0 Å². The molecule has 5 aromatic rings. The average Bonchev–Trinajstić information content (AvgIpc) is 3.34. The summed E-state index contributed by atoms with van der Waals surface area (Å²) in [5.41, 5.74) is 5.47. The lowest BCUT2D eigenvalue weighted by molar-refractivity contribution is 0.0686. The standard InChI is InChI=1S/C32H22Cl2N2O4/c33-26-13-14-27(28(34)17-26)29-19-36(18-21-6-11-23(12-7-21)31(37)38)30(35-29)15-8-20-4-9-22(10-5-20)24-2-1-3-25(16-24)32(39)40/h1-17,19H,18H2,(H,37,38)(H,39,40)/b15-8+. The van der Waals surface area contributed by atoms with Gasteiger partial charge in [-0.1, -0.05) is 77.8 Å². The van der Waals surface area contributed by atoms with Crippen LogP contribution in [0.25, 0.3) is 34.5 Å². The van der Waals surface area contributed by atoms with Crippen molar-refractivity contribution >= 4 is 47.3 Å². The second-order valence-electron chi connectivity index (χ2n) is 9.08. The molecule has 0 unspecified atom stereocenters. The van der Waals surface area contributed by atoms with Crippen molar-refractivity contribution in [3.8, 4) is 22.4 Å². The summed E-state index contributed by atoms with van der Waals surface area (Å²) < 4.78 is 1.97. The van der Waals surface area contributed by atoms with Crippen LogP contribution in [0.3, 0.4) is 0 Å². The molecule has 2 N–H and O–H groups in total. The Labute approximate surface area is 240 Å². The molecule has 0 aliphatic heterocycles. The van der Waals surface area contributed by atoms with Crippen LogP contribution >= 0.6 is 23.2 Å². The molecule has 0 bridgehead atoms. The molecule has 6 nitrogen and oxygen atoms in total. The van der Waals surface area contributed by atoms with Gasteiger partial charge in [-0.2, -0.15) is 0 Å². The molecular formula is C32H22Cl2N2O4. The molecule has 0 atom stereocenters. The smallest absolute Gasteiger partial charge is 0.335 e. The van der Waals surface area contributed by atoms with E-state index in [4.69, 9.17) is 28.2 Å². The number of carboxylic acid groups (broad SMARTS) is 2. The van der Waals surface area contributed by atoms with E-state index in [1.54, 1.807) is 54.6 Å². The molecule has 4 aromatic carbocycles. The molecule has 1 heterocycles. The first kappa shape index (κ1) is 26.9. The third-order valence-corrected chi connectivity index (χ3v) is 6.89. The molecule has 0 amide bonds. The van der Waals surface area contributed by atoms with Crippen LogP contribution in [0.2, 0.25) is 10.0 Å². The summed E-state index contributed by atoms with van der Waals surface area (Å²) >= 11 is 12.5. The van der Waals surface area contributed by atoms with E-state index in [0.29, 0.717) is 28.1 Å². The van der Waals surface area contributed by atoms with E-state index in [1.165, 1.54) is 0 Å². The summed E-state index contributed by atoms with van der Waals surface area (Å²) in [4.78, 5) is 27.4. The molecule has 0 saturated carbocycles. The molecule has 0 fully saturated rings. The lowest BCUT2D eigenvalue weighted by Crippen LogP contribution is -2.02. The molecule has 1 aromatic heterocycles. The van der Waals surface area contributed by atoms with E-state index < -0.39 is 11.9 Å². The van der Waals surface area contributed by atoms with Gasteiger partial charge in [-0.15, -0.1) is 0 Å². The molecule has 8 heteroatoms. The van der Waals surface area contributed by atoms with E-state index >= 15 is 0 Å². The fourth-order valence-corrected chi connectivity index (χ4v) is 4.76. The maximum Gasteiger partial charge on any atom is 0.335 e. The Morgan fingerprint density at radius 1 is 0.775 bits per heavy atom. The van der Waals surface area contributed by atoms with Crippen LogP contribution in [0.4, 0.5) is 0 Å². The number of aromatic nitrogens is 2. The third kappa shape index (κ3) is 6.15. The zero-order valence-electron chi connectivity index (χ0n) is 21.0. The van der Waals surface area contributed by atoms with Gasteiger partial charge in [-0.25, -0.2) is 14.6 Å². The Bertz CT molecular complexity index is 1740. The Morgan fingerprint density at radius 2 is 1.50 bits per heavy atom. The van der Waals surface area contributed by atoms with Crippen molar-refractivity contribution in [2.45, 2.75) is 6.54 Å². The van der Waals surface area contributed by atoms with Crippen molar-refractivity contribution in [3.05, 3.63) is 135 Å². The molecule has 198 valence electrons. The van der Waals surface area contributed by atoms with Crippen molar-refractivity contribution in [2.24, 2.45) is 0 Å². The van der Waals surface area contributed by atoms with E-state index in [-0.39, 0.29) is 11.1 Å². The maximum atomic E-state index is 11.3. The quantitative estimate of drug-likeness (QED) is 0.197. The van der Waals surface area contributed by atoms with Crippen LogP contribution in [0, 0.1) is 0 Å². The number of benzene rings is 4. The maximum absolute atomic E-state index is 11.3. The van der Waals surface area contributed by atoms with Crippen molar-refractivity contribution in [3.63, 3.8) is 0 Å². The molecule has 0 spiro atoms. The van der Waals surface area contributed by atoms with Crippen molar-refractivity contribution in [1.29, 1.82) is 0 Å². The summed E-state index contributed by atoms with van der Waals surface area (Å²) in [5, 5.41) is 19.5. The van der Waals surface area contributed by atoms with Crippen LogP contribution in [0.1, 0.15) is 37.7 Å². The first-order valence-corrected chi connectivity index (χ1v) is 13.0. The van der Waals surface area contributed by atoms with Gasteiger partial charge in [0.25, 0.3) is 0 Å². The molecule has 0 aliphatic rings. The fraction of sp³-hybridized carbons (Fsp3) is 0.0312. The predicted molar refractivity (Wildman–Crippen MR) is 158 cm³/mol. The Hall–Kier alpha value is -4.65. The van der Waals surface area contributed by atoms with Crippen LogP contribution in [-0.2, 0) is 6.54 Å². The number of nitrogens with zero attached hydrogens (tertiary/aromatic N) is 2. The molecule has 0 aliphatic carbocycles. The lowest BCUT2D eigenvalue weighted by atomic mass is 10.0. The van der Waals surface area contributed by atoms with Crippen LogP contribution in [0.15, 0.2) is 97.2 Å². The third-order valence-electron chi connectivity index (χ3n) is 6.35. The summed E-state index contributed by atoms with van der Waals surface area (Å²) in [7, 11) is 0. The summed E-state index contributed by atoms with van der Waals surface area (Å²) in [5.74, 6) is -1.26. The van der Waals surface area contributed by atoms with Crippen molar-refractivity contribution in [2.75, 3.05) is 0 Å². The van der Waals surface area contributed by atoms with Gasteiger partial charge in [-0.05, 0) is 70.8 Å². The number of carboxylic acids is 2. The van der Waals surface area contributed by atoms with Gasteiger partial charge >= 0.3 is 11.9 Å². The first-order chi connectivity index (χ1) is 19.3. The molecular weight excluding hydrogens is 547 g/mol. The van der Waals surface area contributed by atoms with Crippen LogP contribution < -0.4 is 0 Å². The SMILES string of the molecule is O=C(O)c1ccc(Cn2cc(-c3ccc(Cl)cc3Cl)nc2/C=C/c2ccc(-c3cccc(C(=O)O)c3)cc2)cc1. The second-order valence-corrected chi connectivity index (χ2v) is 9.92. The number of carbonyl (C=O) groups is 2. The average molecular weight is 569 g/mol. The highest BCUT2D eigenvalue weighted by atomic mass is 35.5. The highest BCUT2D eigenvalue weighted by Gasteiger charge is 2.13. The Balaban J connectivity index is 1.45. The van der Waals surface area contributed by atoms with Gasteiger partial charge in [0.2, 0.25) is 0 Å². The van der Waals surface area contributed by atoms with Crippen LogP contribution in [0.5, 0.6) is 0 Å². The number of rotatable bonds is 8. The lowest BCUT2D eigenvalue weighted by Gasteiger charge is -2.06. The summed E-state index contributed by atoms with van der Waals surface area (Å²) in [6.07, 6.45) is 5.74. The van der Waals surface area contributed by atoms with Crippen molar-refractivity contribution < 1.29 is 19.8 Å². The van der Waals surface area contributed by atoms with Gasteiger partial charge in [0, 0.05) is 23.3 Å². The highest BCUT2D eigenvalue weighted by Crippen LogP contribution is 2.30. The number of hydrogen-bond donors (Lipinski definition) is 2. The Morgan fingerprint density at radius 3 is 2.17 bits per heavy atom. The first-order valence-electron chi connectivity index (χ1n) is 12.2. The second kappa shape index (κ2) is 11.6. The monoisotopic (exact) mass is 568 g/mol. The largest absolute Gasteiger partial charge is 0.478 e. The minimum atomic E-state index is -0.974. The zero-order valence-corrected chi connectivity index (χ0v) is 22.5. The topological polar surface area (TPSA) is 92.4 Å². The van der Waals surface area contributed by atoms with Gasteiger partial charge in [0.05, 0.1) is 21.8 Å². The van der Waals surface area contributed by atoms with Gasteiger partial charge in [0.15, 0.2) is 0 Å².